The number of fused-ring (bicyclic) bond motifs is 1. The third-order valence-corrected chi connectivity index (χ3v) is 5.49. The van der Waals surface area contributed by atoms with Crippen LogP contribution in [0.2, 0.25) is 0 Å². The number of benzene rings is 3. The van der Waals surface area contributed by atoms with E-state index < -0.39 is 0 Å². The van der Waals surface area contributed by atoms with Crippen molar-refractivity contribution < 1.29 is 0 Å². The maximum atomic E-state index is 4.85. The molecule has 0 aliphatic heterocycles. The molecule has 0 aliphatic carbocycles. The van der Waals surface area contributed by atoms with Crippen LogP contribution in [-0.2, 0) is 0 Å². The molecule has 0 saturated carbocycles. The first-order chi connectivity index (χ1) is 15.5. The first-order valence-electron chi connectivity index (χ1n) is 10.8. The van der Waals surface area contributed by atoms with Crippen LogP contribution in [0.3, 0.4) is 0 Å². The van der Waals surface area contributed by atoms with E-state index in [2.05, 4.69) is 135 Å². The highest BCUT2D eigenvalue weighted by Gasteiger charge is 2.03. The fourth-order valence-corrected chi connectivity index (χ4v) is 3.58. The summed E-state index contributed by atoms with van der Waals surface area (Å²) in [6.07, 6.45) is 8.54. The van der Waals surface area contributed by atoms with E-state index in [0.717, 1.165) is 27.7 Å². The molecule has 4 aromatic rings. The topological polar surface area (TPSA) is 19.4 Å². The van der Waals surface area contributed by atoms with Gasteiger partial charge in [0.2, 0.25) is 0 Å². The van der Waals surface area contributed by atoms with E-state index in [1.165, 1.54) is 16.9 Å². The summed E-state index contributed by atoms with van der Waals surface area (Å²) in [6.45, 7) is 0. The van der Waals surface area contributed by atoms with Crippen molar-refractivity contribution in [2.24, 2.45) is 0 Å². The molecule has 4 rings (SSSR count). The van der Waals surface area contributed by atoms with Gasteiger partial charge >= 0.3 is 0 Å². The Bertz CT molecular complexity index is 1250. The molecule has 0 unspecified atom stereocenters. The molecule has 0 fully saturated rings. The van der Waals surface area contributed by atoms with E-state index in [0.29, 0.717) is 0 Å². The van der Waals surface area contributed by atoms with Gasteiger partial charge in [0.05, 0.1) is 11.2 Å². The zero-order valence-corrected chi connectivity index (χ0v) is 19.2. The van der Waals surface area contributed by atoms with Crippen molar-refractivity contribution in [3.8, 4) is 0 Å². The molecule has 0 spiro atoms. The lowest BCUT2D eigenvalue weighted by Gasteiger charge is -2.12. The summed E-state index contributed by atoms with van der Waals surface area (Å²) in [5, 5.41) is 1.15. The maximum Gasteiger partial charge on any atom is 0.0715 e. The monoisotopic (exact) mass is 419 g/mol. The normalized spacial score (nSPS) is 11.5. The van der Waals surface area contributed by atoms with Crippen molar-refractivity contribution in [3.63, 3.8) is 0 Å². The smallest absolute Gasteiger partial charge is 0.0715 e. The molecule has 3 nitrogen and oxygen atoms in total. The molecule has 3 heteroatoms. The third kappa shape index (κ3) is 5.06. The number of pyridine rings is 1. The van der Waals surface area contributed by atoms with Crippen LogP contribution >= 0.6 is 0 Å². The van der Waals surface area contributed by atoms with Crippen LogP contribution < -0.4 is 9.80 Å². The van der Waals surface area contributed by atoms with Gasteiger partial charge in [0, 0.05) is 45.0 Å². The minimum Gasteiger partial charge on any atom is -0.378 e. The second kappa shape index (κ2) is 9.52. The largest absolute Gasteiger partial charge is 0.378 e. The van der Waals surface area contributed by atoms with Gasteiger partial charge in [0.25, 0.3) is 0 Å². The van der Waals surface area contributed by atoms with Gasteiger partial charge in [-0.3, -0.25) is 0 Å². The van der Waals surface area contributed by atoms with Gasteiger partial charge in [0.15, 0.2) is 0 Å². The Balaban J connectivity index is 1.63. The van der Waals surface area contributed by atoms with E-state index in [1.54, 1.807) is 0 Å². The molecule has 0 bridgehead atoms. The summed E-state index contributed by atoms with van der Waals surface area (Å²) in [6, 6.07) is 27.5. The molecule has 0 saturated heterocycles. The van der Waals surface area contributed by atoms with Crippen molar-refractivity contribution >= 4 is 46.6 Å². The van der Waals surface area contributed by atoms with Gasteiger partial charge in [0.1, 0.15) is 0 Å². The Morgan fingerprint density at radius 3 is 1.69 bits per heavy atom. The maximum absolute atomic E-state index is 4.85. The highest BCUT2D eigenvalue weighted by Crippen LogP contribution is 2.23. The highest BCUT2D eigenvalue weighted by atomic mass is 15.1. The van der Waals surface area contributed by atoms with Crippen LogP contribution in [0.4, 0.5) is 11.4 Å². The second-order valence-electron chi connectivity index (χ2n) is 8.29. The first kappa shape index (κ1) is 21.4. The number of aromatic nitrogens is 1. The Morgan fingerprint density at radius 2 is 1.12 bits per heavy atom. The molecule has 32 heavy (non-hydrogen) atoms. The van der Waals surface area contributed by atoms with Crippen LogP contribution in [0, 0.1) is 0 Å². The standard InChI is InChI=1S/C29H29N3/c1-31(2)26-17-11-22(12-18-26)9-15-24-21-25(30-29-8-6-5-7-28(24)29)16-10-23-13-19-27(20-14-23)32(3)4/h5-21H,1-4H3/b15-9+,16-10-. The van der Waals surface area contributed by atoms with Crippen molar-refractivity contribution in [2.75, 3.05) is 38.0 Å². The lowest BCUT2D eigenvalue weighted by molar-refractivity contribution is 1.13. The SMILES string of the molecule is CN(C)c1ccc(/C=C\c2cc(/C=C/c3ccc(N(C)C)cc3)c3ccccc3n2)cc1. The molecule has 1 heterocycles. The molecule has 0 aliphatic rings. The molecular formula is C29H29N3. The van der Waals surface area contributed by atoms with Gasteiger partial charge in [-0.15, -0.1) is 0 Å². The first-order valence-corrected chi connectivity index (χ1v) is 10.8. The summed E-state index contributed by atoms with van der Waals surface area (Å²) in [4.78, 5) is 9.06. The number of para-hydroxylation sites is 1. The minimum atomic E-state index is 0.947. The Labute approximate surface area is 191 Å². The fraction of sp³-hybridized carbons (Fsp3) is 0.138. The van der Waals surface area contributed by atoms with Gasteiger partial charge in [-0.1, -0.05) is 60.7 Å². The van der Waals surface area contributed by atoms with Crippen molar-refractivity contribution in [3.05, 3.63) is 101 Å². The van der Waals surface area contributed by atoms with E-state index in [4.69, 9.17) is 4.98 Å². The van der Waals surface area contributed by atoms with Crippen molar-refractivity contribution in [2.45, 2.75) is 0 Å². The minimum absolute atomic E-state index is 0.947. The predicted octanol–water partition coefficient (Wildman–Crippen LogP) is 6.71. The summed E-state index contributed by atoms with van der Waals surface area (Å²) in [5.74, 6) is 0. The zero-order valence-electron chi connectivity index (χ0n) is 19.2. The Morgan fingerprint density at radius 1 is 0.594 bits per heavy atom. The highest BCUT2D eigenvalue weighted by molar-refractivity contribution is 5.92. The Hall–Kier alpha value is -3.85. The summed E-state index contributed by atoms with van der Waals surface area (Å²) < 4.78 is 0. The van der Waals surface area contributed by atoms with Crippen LogP contribution in [0.1, 0.15) is 22.4 Å². The lowest BCUT2D eigenvalue weighted by atomic mass is 10.0. The summed E-state index contributed by atoms with van der Waals surface area (Å²) in [5.41, 5.74) is 7.83. The fourth-order valence-electron chi connectivity index (χ4n) is 3.58. The number of nitrogens with zero attached hydrogens (tertiary/aromatic N) is 3. The predicted molar refractivity (Wildman–Crippen MR) is 141 cm³/mol. The molecule has 1 aromatic heterocycles. The Kier molecular flexibility index (Phi) is 6.37. The lowest BCUT2D eigenvalue weighted by Crippen LogP contribution is -2.07. The van der Waals surface area contributed by atoms with Gasteiger partial charge in [-0.25, -0.2) is 4.98 Å². The second-order valence-corrected chi connectivity index (χ2v) is 8.29. The average Bonchev–Trinajstić information content (AvgIpc) is 2.81. The van der Waals surface area contributed by atoms with Gasteiger partial charge in [-0.05, 0) is 59.2 Å². The molecule has 0 N–H and O–H groups in total. The molecule has 0 radical (unpaired) electrons. The third-order valence-electron chi connectivity index (χ3n) is 5.49. The van der Waals surface area contributed by atoms with E-state index in [9.17, 15) is 0 Å². The van der Waals surface area contributed by atoms with Gasteiger partial charge in [-0.2, -0.15) is 0 Å². The number of rotatable bonds is 6. The molecular weight excluding hydrogens is 390 g/mol. The number of hydrogen-bond acceptors (Lipinski definition) is 3. The molecule has 160 valence electrons. The zero-order chi connectivity index (χ0) is 22.5. The van der Waals surface area contributed by atoms with Crippen LogP contribution in [-0.4, -0.2) is 33.2 Å². The van der Waals surface area contributed by atoms with E-state index in [1.807, 2.05) is 6.07 Å². The summed E-state index contributed by atoms with van der Waals surface area (Å²) >= 11 is 0. The van der Waals surface area contributed by atoms with Crippen LogP contribution in [0.25, 0.3) is 35.2 Å². The quantitative estimate of drug-likeness (QED) is 0.346. The van der Waals surface area contributed by atoms with Crippen molar-refractivity contribution in [1.82, 2.24) is 4.98 Å². The van der Waals surface area contributed by atoms with E-state index >= 15 is 0 Å². The number of hydrogen-bond donors (Lipinski definition) is 0. The molecule has 3 aromatic carbocycles. The average molecular weight is 420 g/mol. The number of anilines is 2. The molecule has 0 amide bonds. The van der Waals surface area contributed by atoms with Crippen LogP contribution in [0.15, 0.2) is 78.9 Å². The van der Waals surface area contributed by atoms with Crippen molar-refractivity contribution in [1.29, 1.82) is 0 Å². The molecule has 0 atom stereocenters. The van der Waals surface area contributed by atoms with E-state index in [-0.39, 0.29) is 0 Å². The van der Waals surface area contributed by atoms with Gasteiger partial charge < -0.3 is 9.80 Å². The van der Waals surface area contributed by atoms with Crippen LogP contribution in [0.5, 0.6) is 0 Å². The summed E-state index contributed by atoms with van der Waals surface area (Å²) in [7, 11) is 8.21.